The van der Waals surface area contributed by atoms with Crippen molar-refractivity contribution in [3.63, 3.8) is 0 Å². The number of piperidine rings is 1. The third kappa shape index (κ3) is 4.16. The molecule has 6 heteroatoms. The highest BCUT2D eigenvalue weighted by molar-refractivity contribution is 7.10. The van der Waals surface area contributed by atoms with Crippen molar-refractivity contribution in [1.29, 1.82) is 0 Å². The summed E-state index contributed by atoms with van der Waals surface area (Å²) in [6.45, 7) is 4.12. The maximum atomic E-state index is 12.4. The molecule has 1 atom stereocenters. The van der Waals surface area contributed by atoms with Crippen molar-refractivity contribution in [2.45, 2.75) is 38.6 Å². The molecule has 0 saturated carbocycles. The van der Waals surface area contributed by atoms with Gasteiger partial charge in [0.1, 0.15) is 0 Å². The van der Waals surface area contributed by atoms with Crippen molar-refractivity contribution in [2.75, 3.05) is 33.2 Å². The fourth-order valence-corrected chi connectivity index (χ4v) is 4.63. The molecular weight excluding hydrogens is 322 g/mol. The average Bonchev–Trinajstić information content (AvgIpc) is 3.07. The number of thiophene rings is 1. The lowest BCUT2D eigenvalue weighted by Crippen LogP contribution is -2.43. The van der Waals surface area contributed by atoms with E-state index in [1.54, 1.807) is 11.3 Å². The van der Waals surface area contributed by atoms with Crippen molar-refractivity contribution >= 4 is 23.2 Å². The van der Waals surface area contributed by atoms with Gasteiger partial charge in [-0.3, -0.25) is 9.59 Å². The standard InChI is InChI=1S/C18H27N3O2S/c1-19-11-14-3-2-8-20(12-14)17(22)4-5-18(23)21-9-6-16-15(13-21)7-10-24-16/h7,10,14,19H,2-6,8-9,11-13H2,1H3. The summed E-state index contributed by atoms with van der Waals surface area (Å²) in [5, 5.41) is 5.30. The van der Waals surface area contributed by atoms with Gasteiger partial charge in [0.2, 0.25) is 11.8 Å². The van der Waals surface area contributed by atoms with E-state index in [1.807, 2.05) is 16.8 Å². The molecule has 5 nitrogen and oxygen atoms in total. The SMILES string of the molecule is CNCC1CCCN(C(=O)CCC(=O)N2CCc3sccc3C2)C1. The van der Waals surface area contributed by atoms with Gasteiger partial charge in [-0.05, 0) is 55.8 Å². The van der Waals surface area contributed by atoms with E-state index in [1.165, 1.54) is 16.9 Å². The summed E-state index contributed by atoms with van der Waals surface area (Å²) in [7, 11) is 1.96. The molecule has 1 saturated heterocycles. The van der Waals surface area contributed by atoms with Crippen LogP contribution >= 0.6 is 11.3 Å². The number of hydrogen-bond donors (Lipinski definition) is 1. The predicted molar refractivity (Wildman–Crippen MR) is 95.9 cm³/mol. The minimum Gasteiger partial charge on any atom is -0.342 e. The highest BCUT2D eigenvalue weighted by Gasteiger charge is 2.25. The minimum atomic E-state index is 0.115. The molecule has 0 bridgehead atoms. The minimum absolute atomic E-state index is 0.115. The molecule has 1 unspecified atom stereocenters. The summed E-state index contributed by atoms with van der Waals surface area (Å²) in [5.74, 6) is 0.795. The van der Waals surface area contributed by atoms with E-state index >= 15 is 0 Å². The Labute approximate surface area is 148 Å². The molecule has 1 fully saturated rings. The van der Waals surface area contributed by atoms with Gasteiger partial charge in [0.25, 0.3) is 0 Å². The Morgan fingerprint density at radius 1 is 1.25 bits per heavy atom. The molecule has 1 aromatic rings. The number of nitrogens with one attached hydrogen (secondary N) is 1. The van der Waals surface area contributed by atoms with Crippen LogP contribution in [0.15, 0.2) is 11.4 Å². The van der Waals surface area contributed by atoms with Crippen LogP contribution < -0.4 is 5.32 Å². The average molecular weight is 350 g/mol. The second kappa shape index (κ2) is 8.12. The maximum Gasteiger partial charge on any atom is 0.223 e. The molecule has 1 N–H and O–H groups in total. The number of rotatable bonds is 5. The first-order valence-corrected chi connectivity index (χ1v) is 9.80. The molecule has 0 spiro atoms. The molecule has 0 aliphatic carbocycles. The second-order valence-electron chi connectivity index (χ2n) is 6.84. The first-order valence-electron chi connectivity index (χ1n) is 8.92. The highest BCUT2D eigenvalue weighted by Crippen LogP contribution is 2.24. The first kappa shape index (κ1) is 17.4. The van der Waals surface area contributed by atoms with Crippen LogP contribution in [0, 0.1) is 5.92 Å². The quantitative estimate of drug-likeness (QED) is 0.883. The van der Waals surface area contributed by atoms with Crippen LogP contribution in [0.3, 0.4) is 0 Å². The molecule has 2 amide bonds. The summed E-state index contributed by atoms with van der Waals surface area (Å²) < 4.78 is 0. The normalized spacial score (nSPS) is 20.8. The number of carbonyl (C=O) groups excluding carboxylic acids is 2. The van der Waals surface area contributed by atoms with Crippen LogP contribution in [0.2, 0.25) is 0 Å². The second-order valence-corrected chi connectivity index (χ2v) is 7.84. The summed E-state index contributed by atoms with van der Waals surface area (Å²) in [6, 6.07) is 2.11. The largest absolute Gasteiger partial charge is 0.342 e. The van der Waals surface area contributed by atoms with Crippen molar-refractivity contribution in [3.05, 3.63) is 21.9 Å². The number of amides is 2. The van der Waals surface area contributed by atoms with Crippen LogP contribution in [0.5, 0.6) is 0 Å². The zero-order valence-electron chi connectivity index (χ0n) is 14.4. The van der Waals surface area contributed by atoms with Crippen LogP contribution in [-0.2, 0) is 22.6 Å². The lowest BCUT2D eigenvalue weighted by Gasteiger charge is -2.33. The van der Waals surface area contributed by atoms with Crippen LogP contribution in [0.25, 0.3) is 0 Å². The lowest BCUT2D eigenvalue weighted by atomic mass is 9.97. The van der Waals surface area contributed by atoms with Crippen molar-refractivity contribution in [1.82, 2.24) is 15.1 Å². The van der Waals surface area contributed by atoms with Crippen molar-refractivity contribution < 1.29 is 9.59 Å². The predicted octanol–water partition coefficient (Wildman–Crippen LogP) is 1.87. The van der Waals surface area contributed by atoms with Crippen molar-refractivity contribution in [2.24, 2.45) is 5.92 Å². The molecule has 0 radical (unpaired) electrons. The molecule has 2 aliphatic rings. The van der Waals surface area contributed by atoms with E-state index in [0.717, 1.165) is 39.0 Å². The van der Waals surface area contributed by atoms with E-state index in [2.05, 4.69) is 16.8 Å². The zero-order chi connectivity index (χ0) is 16.9. The maximum absolute atomic E-state index is 12.4. The topological polar surface area (TPSA) is 52.7 Å². The highest BCUT2D eigenvalue weighted by atomic mass is 32.1. The number of nitrogens with zero attached hydrogens (tertiary/aromatic N) is 2. The zero-order valence-corrected chi connectivity index (χ0v) is 15.2. The Kier molecular flexibility index (Phi) is 5.89. The van der Waals surface area contributed by atoms with Gasteiger partial charge >= 0.3 is 0 Å². The van der Waals surface area contributed by atoms with E-state index in [0.29, 0.717) is 25.3 Å². The van der Waals surface area contributed by atoms with Crippen molar-refractivity contribution in [3.8, 4) is 0 Å². The molecule has 2 aliphatic heterocycles. The molecular formula is C18H27N3O2S. The Balaban J connectivity index is 1.45. The fraction of sp³-hybridized carbons (Fsp3) is 0.667. The van der Waals surface area contributed by atoms with Crippen LogP contribution in [0.4, 0.5) is 0 Å². The monoisotopic (exact) mass is 349 g/mol. The number of hydrogen-bond acceptors (Lipinski definition) is 4. The van der Waals surface area contributed by atoms with E-state index < -0.39 is 0 Å². The van der Waals surface area contributed by atoms with Gasteiger partial charge in [-0.2, -0.15) is 0 Å². The Hall–Kier alpha value is -1.40. The molecule has 3 rings (SSSR count). The summed E-state index contributed by atoms with van der Waals surface area (Å²) in [4.78, 5) is 30.1. The smallest absolute Gasteiger partial charge is 0.223 e. The first-order chi connectivity index (χ1) is 11.7. The number of fused-ring (bicyclic) bond motifs is 1. The van der Waals surface area contributed by atoms with E-state index in [-0.39, 0.29) is 11.8 Å². The number of likely N-dealkylation sites (tertiary alicyclic amines) is 1. The van der Waals surface area contributed by atoms with Gasteiger partial charge in [-0.25, -0.2) is 0 Å². The molecule has 132 valence electrons. The summed E-state index contributed by atoms with van der Waals surface area (Å²) in [6.07, 6.45) is 3.88. The Bertz CT molecular complexity index is 585. The molecule has 1 aromatic heterocycles. The van der Waals surface area contributed by atoms with E-state index in [4.69, 9.17) is 0 Å². The van der Waals surface area contributed by atoms with E-state index in [9.17, 15) is 9.59 Å². The summed E-state index contributed by atoms with van der Waals surface area (Å²) in [5.41, 5.74) is 1.27. The van der Waals surface area contributed by atoms with Crippen LogP contribution in [0.1, 0.15) is 36.1 Å². The van der Waals surface area contributed by atoms with Gasteiger partial charge in [0.05, 0.1) is 0 Å². The van der Waals surface area contributed by atoms with Gasteiger partial charge in [0.15, 0.2) is 0 Å². The molecule has 0 aromatic carbocycles. The third-order valence-corrected chi connectivity index (χ3v) is 6.10. The molecule has 3 heterocycles. The van der Waals surface area contributed by atoms with Gasteiger partial charge < -0.3 is 15.1 Å². The summed E-state index contributed by atoms with van der Waals surface area (Å²) >= 11 is 1.78. The fourth-order valence-electron chi connectivity index (χ4n) is 3.74. The molecule has 24 heavy (non-hydrogen) atoms. The lowest BCUT2D eigenvalue weighted by molar-refractivity contribution is -0.138. The van der Waals surface area contributed by atoms with Crippen LogP contribution in [-0.4, -0.2) is 54.8 Å². The van der Waals surface area contributed by atoms with Gasteiger partial charge in [0, 0.05) is 43.9 Å². The Morgan fingerprint density at radius 3 is 2.83 bits per heavy atom. The Morgan fingerprint density at radius 2 is 2.04 bits per heavy atom. The number of carbonyl (C=O) groups is 2. The van der Waals surface area contributed by atoms with Gasteiger partial charge in [-0.1, -0.05) is 0 Å². The van der Waals surface area contributed by atoms with Gasteiger partial charge in [-0.15, -0.1) is 11.3 Å². The third-order valence-electron chi connectivity index (χ3n) is 5.08.